The van der Waals surface area contributed by atoms with Crippen LogP contribution in [0.25, 0.3) is 0 Å². The SMILES string of the molecule is CCOC1CC(NC(=NC)NCCCCn2ccnc2C)C1(CC)CC. The number of nitrogens with one attached hydrogen (secondary N) is 2. The van der Waals surface area contributed by atoms with Gasteiger partial charge in [-0.05, 0) is 46.0 Å². The van der Waals surface area contributed by atoms with E-state index in [9.17, 15) is 0 Å². The molecule has 6 nitrogen and oxygen atoms in total. The van der Waals surface area contributed by atoms with Crippen LogP contribution in [-0.4, -0.2) is 47.9 Å². The third-order valence-electron chi connectivity index (χ3n) is 6.05. The molecule has 0 radical (unpaired) electrons. The summed E-state index contributed by atoms with van der Waals surface area (Å²) in [5.41, 5.74) is 0.229. The molecule has 1 aliphatic carbocycles. The number of aliphatic imine (C=N–C) groups is 1. The van der Waals surface area contributed by atoms with Gasteiger partial charge in [0.05, 0.1) is 6.10 Å². The minimum atomic E-state index is 0.229. The molecule has 0 saturated heterocycles. The van der Waals surface area contributed by atoms with Gasteiger partial charge in [-0.15, -0.1) is 0 Å². The summed E-state index contributed by atoms with van der Waals surface area (Å²) in [6.07, 6.45) is 9.85. The van der Waals surface area contributed by atoms with Gasteiger partial charge >= 0.3 is 0 Å². The molecule has 2 atom stereocenters. The number of imidazole rings is 1. The van der Waals surface area contributed by atoms with Crippen molar-refractivity contribution < 1.29 is 4.74 Å². The van der Waals surface area contributed by atoms with Crippen molar-refractivity contribution >= 4 is 5.96 Å². The molecule has 2 N–H and O–H groups in total. The average molecular weight is 364 g/mol. The molecule has 0 amide bonds. The van der Waals surface area contributed by atoms with Crippen molar-refractivity contribution in [2.75, 3.05) is 20.2 Å². The molecule has 26 heavy (non-hydrogen) atoms. The Morgan fingerprint density at radius 1 is 1.35 bits per heavy atom. The Kier molecular flexibility index (Phi) is 7.94. The highest BCUT2D eigenvalue weighted by Gasteiger charge is 2.53. The number of nitrogens with zero attached hydrogens (tertiary/aromatic N) is 3. The van der Waals surface area contributed by atoms with E-state index < -0.39 is 0 Å². The minimum Gasteiger partial charge on any atom is -0.378 e. The molecular formula is C20H37N5O. The average Bonchev–Trinajstić information content (AvgIpc) is 3.05. The van der Waals surface area contributed by atoms with Crippen LogP contribution in [0.15, 0.2) is 17.4 Å². The maximum atomic E-state index is 5.97. The Hall–Kier alpha value is -1.56. The normalized spacial score (nSPS) is 22.1. The Labute approximate surface area is 158 Å². The molecule has 1 heterocycles. The molecule has 0 spiro atoms. The molecule has 0 aromatic carbocycles. The fraction of sp³-hybridized carbons (Fsp3) is 0.800. The number of aromatic nitrogens is 2. The van der Waals surface area contributed by atoms with Crippen molar-refractivity contribution in [1.29, 1.82) is 0 Å². The molecule has 2 rings (SSSR count). The first kappa shape index (κ1) is 20.7. The Morgan fingerprint density at radius 2 is 2.12 bits per heavy atom. The maximum Gasteiger partial charge on any atom is 0.191 e. The summed E-state index contributed by atoms with van der Waals surface area (Å²) >= 11 is 0. The highest BCUT2D eigenvalue weighted by Crippen LogP contribution is 2.48. The first-order valence-corrected chi connectivity index (χ1v) is 10.2. The number of unbranched alkanes of at least 4 members (excludes halogenated alkanes) is 1. The van der Waals surface area contributed by atoms with Crippen molar-refractivity contribution in [2.24, 2.45) is 10.4 Å². The number of guanidine groups is 1. The standard InChI is InChI=1S/C20H37N5O/c1-6-20(7-2)17(15-18(20)26-8-3)24-19(21-5)23-11-9-10-13-25-14-12-22-16(25)4/h12,14,17-18H,6-11,13,15H2,1-5H3,(H2,21,23,24). The van der Waals surface area contributed by atoms with E-state index in [1.807, 2.05) is 26.4 Å². The van der Waals surface area contributed by atoms with Gasteiger partial charge in [0.15, 0.2) is 5.96 Å². The van der Waals surface area contributed by atoms with Gasteiger partial charge in [-0.25, -0.2) is 4.98 Å². The van der Waals surface area contributed by atoms with E-state index in [-0.39, 0.29) is 5.41 Å². The highest BCUT2D eigenvalue weighted by atomic mass is 16.5. The van der Waals surface area contributed by atoms with Crippen molar-refractivity contribution in [3.63, 3.8) is 0 Å². The van der Waals surface area contributed by atoms with Crippen LogP contribution in [0.4, 0.5) is 0 Å². The first-order valence-electron chi connectivity index (χ1n) is 10.2. The van der Waals surface area contributed by atoms with E-state index in [1.54, 1.807) is 0 Å². The second-order valence-electron chi connectivity index (χ2n) is 7.19. The van der Waals surface area contributed by atoms with Crippen LogP contribution >= 0.6 is 0 Å². The number of hydrogen-bond acceptors (Lipinski definition) is 3. The maximum absolute atomic E-state index is 5.97. The summed E-state index contributed by atoms with van der Waals surface area (Å²) in [4.78, 5) is 8.68. The summed E-state index contributed by atoms with van der Waals surface area (Å²) in [5.74, 6) is 2.00. The van der Waals surface area contributed by atoms with E-state index >= 15 is 0 Å². The lowest BCUT2D eigenvalue weighted by atomic mass is 9.58. The largest absolute Gasteiger partial charge is 0.378 e. The smallest absolute Gasteiger partial charge is 0.191 e. The number of aryl methyl sites for hydroxylation is 2. The molecule has 148 valence electrons. The third-order valence-corrected chi connectivity index (χ3v) is 6.05. The van der Waals surface area contributed by atoms with Gasteiger partial charge < -0.3 is 19.9 Å². The van der Waals surface area contributed by atoms with Gasteiger partial charge in [0, 0.05) is 50.6 Å². The van der Waals surface area contributed by atoms with Crippen molar-refractivity contribution in [3.8, 4) is 0 Å². The monoisotopic (exact) mass is 363 g/mol. The summed E-state index contributed by atoms with van der Waals surface area (Å²) in [7, 11) is 1.85. The molecule has 0 bridgehead atoms. The van der Waals surface area contributed by atoms with E-state index in [0.717, 1.165) is 63.6 Å². The lowest BCUT2D eigenvalue weighted by molar-refractivity contribution is -0.133. The molecule has 1 saturated carbocycles. The highest BCUT2D eigenvalue weighted by molar-refractivity contribution is 5.80. The van der Waals surface area contributed by atoms with Crippen LogP contribution in [0.3, 0.4) is 0 Å². The van der Waals surface area contributed by atoms with Gasteiger partial charge in [-0.3, -0.25) is 4.99 Å². The number of rotatable bonds is 10. The molecule has 6 heteroatoms. The van der Waals surface area contributed by atoms with Gasteiger partial charge in [0.2, 0.25) is 0 Å². The van der Waals surface area contributed by atoms with Gasteiger partial charge in [-0.2, -0.15) is 0 Å². The number of ether oxygens (including phenoxy) is 1. The summed E-state index contributed by atoms with van der Waals surface area (Å²) in [6.45, 7) is 11.4. The second kappa shape index (κ2) is 9.95. The van der Waals surface area contributed by atoms with Gasteiger partial charge in [0.25, 0.3) is 0 Å². The molecule has 1 aromatic heterocycles. The molecule has 2 unspecified atom stereocenters. The van der Waals surface area contributed by atoms with Crippen LogP contribution in [-0.2, 0) is 11.3 Å². The molecule has 1 fully saturated rings. The summed E-state index contributed by atoms with van der Waals surface area (Å²) in [6, 6.07) is 0.439. The quantitative estimate of drug-likeness (QED) is 0.381. The second-order valence-corrected chi connectivity index (χ2v) is 7.19. The lowest BCUT2D eigenvalue weighted by Gasteiger charge is -2.55. The van der Waals surface area contributed by atoms with Crippen LogP contribution in [0.2, 0.25) is 0 Å². The van der Waals surface area contributed by atoms with E-state index in [1.165, 1.54) is 0 Å². The predicted molar refractivity (Wildman–Crippen MR) is 108 cm³/mol. The van der Waals surface area contributed by atoms with E-state index in [2.05, 4.69) is 45.9 Å². The molecule has 1 aromatic rings. The molecule has 1 aliphatic rings. The van der Waals surface area contributed by atoms with Crippen molar-refractivity contribution in [2.45, 2.75) is 78.5 Å². The lowest BCUT2D eigenvalue weighted by Crippen LogP contribution is -2.65. The Morgan fingerprint density at radius 3 is 2.69 bits per heavy atom. The minimum absolute atomic E-state index is 0.229. The van der Waals surface area contributed by atoms with E-state index in [4.69, 9.17) is 4.74 Å². The van der Waals surface area contributed by atoms with Crippen LogP contribution in [0, 0.1) is 12.3 Å². The molecule has 0 aliphatic heterocycles. The van der Waals surface area contributed by atoms with Crippen molar-refractivity contribution in [3.05, 3.63) is 18.2 Å². The zero-order valence-electron chi connectivity index (χ0n) is 17.2. The summed E-state index contributed by atoms with van der Waals surface area (Å²) in [5, 5.41) is 7.11. The zero-order chi connectivity index (χ0) is 19.0. The van der Waals surface area contributed by atoms with Crippen LogP contribution in [0.1, 0.15) is 58.7 Å². The van der Waals surface area contributed by atoms with Gasteiger partial charge in [0.1, 0.15) is 5.82 Å². The van der Waals surface area contributed by atoms with Crippen LogP contribution < -0.4 is 10.6 Å². The van der Waals surface area contributed by atoms with Gasteiger partial charge in [-0.1, -0.05) is 13.8 Å². The fourth-order valence-corrected chi connectivity index (χ4v) is 4.20. The van der Waals surface area contributed by atoms with Crippen molar-refractivity contribution in [1.82, 2.24) is 20.2 Å². The van der Waals surface area contributed by atoms with Crippen LogP contribution in [0.5, 0.6) is 0 Å². The third kappa shape index (κ3) is 4.58. The first-order chi connectivity index (χ1) is 12.6. The summed E-state index contributed by atoms with van der Waals surface area (Å²) < 4.78 is 8.17. The topological polar surface area (TPSA) is 63.5 Å². The van der Waals surface area contributed by atoms with E-state index in [0.29, 0.717) is 12.1 Å². The Bertz CT molecular complexity index is 564. The number of hydrogen-bond donors (Lipinski definition) is 2. The Balaban J connectivity index is 1.74. The molecular weight excluding hydrogens is 326 g/mol. The fourth-order valence-electron chi connectivity index (χ4n) is 4.20. The predicted octanol–water partition coefficient (Wildman–Crippen LogP) is 3.12. The zero-order valence-corrected chi connectivity index (χ0v) is 17.2.